The highest BCUT2D eigenvalue weighted by Crippen LogP contribution is 2.30. The predicted molar refractivity (Wildman–Crippen MR) is 70.4 cm³/mol. The van der Waals surface area contributed by atoms with E-state index in [2.05, 4.69) is 11.1 Å². The summed E-state index contributed by atoms with van der Waals surface area (Å²) in [7, 11) is 1.67. The first kappa shape index (κ1) is 12.1. The Morgan fingerprint density at radius 3 is 2.84 bits per heavy atom. The van der Waals surface area contributed by atoms with Crippen molar-refractivity contribution < 1.29 is 13.9 Å². The molecular weight excluding hydrogens is 245 g/mol. The maximum atomic E-state index is 12.9. The second-order valence-corrected chi connectivity index (χ2v) is 4.56. The molecule has 0 fully saturated rings. The molecule has 19 heavy (non-hydrogen) atoms. The molecule has 0 saturated heterocycles. The van der Waals surface area contributed by atoms with Gasteiger partial charge in [0, 0.05) is 18.6 Å². The first-order chi connectivity index (χ1) is 9.28. The Morgan fingerprint density at radius 1 is 1.32 bits per heavy atom. The van der Waals surface area contributed by atoms with E-state index in [1.807, 2.05) is 12.2 Å². The van der Waals surface area contributed by atoms with Gasteiger partial charge >= 0.3 is 0 Å². The van der Waals surface area contributed by atoms with E-state index in [1.54, 1.807) is 19.2 Å². The van der Waals surface area contributed by atoms with Crippen molar-refractivity contribution in [2.24, 2.45) is 10.9 Å². The smallest absolute Gasteiger partial charge is 0.222 e. The summed E-state index contributed by atoms with van der Waals surface area (Å²) in [6.45, 7) is 0.599. The van der Waals surface area contributed by atoms with Crippen molar-refractivity contribution in [3.8, 4) is 0 Å². The van der Waals surface area contributed by atoms with E-state index in [0.717, 1.165) is 11.3 Å². The van der Waals surface area contributed by atoms with Gasteiger partial charge in [-0.2, -0.15) is 0 Å². The molecule has 0 aromatic heterocycles. The molecule has 0 spiro atoms. The number of hydrogen-bond acceptors (Lipinski definition) is 3. The fraction of sp³-hybridized carbons (Fsp3) is 0.267. The number of fused-ring (bicyclic) bond motifs is 1. The quantitative estimate of drug-likeness (QED) is 0.835. The minimum atomic E-state index is -0.266. The predicted octanol–water partition coefficient (Wildman–Crippen LogP) is 2.69. The molecule has 2 aliphatic rings. The number of benzene rings is 1. The van der Waals surface area contributed by atoms with Gasteiger partial charge in [0.05, 0.1) is 6.61 Å². The Hall–Kier alpha value is -1.94. The SMILES string of the molecule is COCC1C=CC=C2OC(c3ccc(F)cc3)=NC21. The summed E-state index contributed by atoms with van der Waals surface area (Å²) in [4.78, 5) is 4.58. The van der Waals surface area contributed by atoms with Gasteiger partial charge in [0.25, 0.3) is 0 Å². The molecule has 1 heterocycles. The normalized spacial score (nSPS) is 24.5. The molecule has 0 radical (unpaired) electrons. The van der Waals surface area contributed by atoms with E-state index >= 15 is 0 Å². The lowest BCUT2D eigenvalue weighted by atomic mass is 9.95. The summed E-state index contributed by atoms with van der Waals surface area (Å²) in [5, 5.41) is 0. The average Bonchev–Trinajstić information content (AvgIpc) is 2.85. The highest BCUT2D eigenvalue weighted by Gasteiger charge is 2.33. The van der Waals surface area contributed by atoms with E-state index in [-0.39, 0.29) is 17.8 Å². The van der Waals surface area contributed by atoms with Gasteiger partial charge in [-0.15, -0.1) is 0 Å². The number of rotatable bonds is 3. The molecule has 98 valence electrons. The molecule has 3 nitrogen and oxygen atoms in total. The standard InChI is InChI=1S/C15H14FNO2/c1-18-9-11-3-2-4-13-14(11)17-15(19-13)10-5-7-12(16)8-6-10/h2-8,11,14H,9H2,1H3. The zero-order valence-electron chi connectivity index (χ0n) is 10.5. The van der Waals surface area contributed by atoms with Gasteiger partial charge in [-0.3, -0.25) is 0 Å². The average molecular weight is 259 g/mol. The molecule has 0 amide bonds. The minimum absolute atomic E-state index is 0.0370. The fourth-order valence-corrected chi connectivity index (χ4v) is 2.29. The molecule has 0 saturated carbocycles. The van der Waals surface area contributed by atoms with Crippen molar-refractivity contribution in [3.63, 3.8) is 0 Å². The number of ether oxygens (including phenoxy) is 2. The van der Waals surface area contributed by atoms with Crippen molar-refractivity contribution in [2.45, 2.75) is 6.04 Å². The Labute approximate surface area is 111 Å². The number of allylic oxidation sites excluding steroid dienone is 2. The number of aliphatic imine (C=N–C) groups is 1. The number of hydrogen-bond donors (Lipinski definition) is 0. The van der Waals surface area contributed by atoms with E-state index in [9.17, 15) is 4.39 Å². The molecule has 0 N–H and O–H groups in total. The zero-order chi connectivity index (χ0) is 13.2. The van der Waals surface area contributed by atoms with Crippen LogP contribution in [0.25, 0.3) is 0 Å². The summed E-state index contributed by atoms with van der Waals surface area (Å²) >= 11 is 0. The number of methoxy groups -OCH3 is 1. The topological polar surface area (TPSA) is 30.8 Å². The zero-order valence-corrected chi connectivity index (χ0v) is 10.5. The van der Waals surface area contributed by atoms with Gasteiger partial charge in [0.1, 0.15) is 17.6 Å². The van der Waals surface area contributed by atoms with Gasteiger partial charge < -0.3 is 9.47 Å². The maximum Gasteiger partial charge on any atom is 0.222 e. The van der Waals surface area contributed by atoms with E-state index in [4.69, 9.17) is 9.47 Å². The molecule has 2 unspecified atom stereocenters. The summed E-state index contributed by atoms with van der Waals surface area (Å²) in [6, 6.07) is 6.12. The van der Waals surface area contributed by atoms with Crippen molar-refractivity contribution in [1.82, 2.24) is 0 Å². The molecule has 1 aliphatic carbocycles. The lowest BCUT2D eigenvalue weighted by molar-refractivity contribution is 0.159. The van der Waals surface area contributed by atoms with Crippen LogP contribution in [0, 0.1) is 11.7 Å². The van der Waals surface area contributed by atoms with Crippen LogP contribution in [-0.2, 0) is 9.47 Å². The summed E-state index contributed by atoms with van der Waals surface area (Å²) < 4.78 is 23.9. The highest BCUT2D eigenvalue weighted by molar-refractivity contribution is 5.96. The van der Waals surface area contributed by atoms with Crippen LogP contribution < -0.4 is 0 Å². The van der Waals surface area contributed by atoms with Crippen LogP contribution in [0.2, 0.25) is 0 Å². The summed E-state index contributed by atoms with van der Waals surface area (Å²) in [5.74, 6) is 1.28. The monoisotopic (exact) mass is 259 g/mol. The molecule has 1 aromatic rings. The summed E-state index contributed by atoms with van der Waals surface area (Å²) in [5.41, 5.74) is 0.785. The Balaban J connectivity index is 1.86. The Kier molecular flexibility index (Phi) is 3.17. The van der Waals surface area contributed by atoms with Gasteiger partial charge in [0.2, 0.25) is 5.90 Å². The van der Waals surface area contributed by atoms with E-state index in [1.165, 1.54) is 12.1 Å². The molecule has 2 atom stereocenters. The highest BCUT2D eigenvalue weighted by atomic mass is 19.1. The second-order valence-electron chi connectivity index (χ2n) is 4.56. The van der Waals surface area contributed by atoms with Gasteiger partial charge in [-0.05, 0) is 30.3 Å². The van der Waals surface area contributed by atoms with Crippen LogP contribution >= 0.6 is 0 Å². The molecule has 4 heteroatoms. The lowest BCUT2D eigenvalue weighted by Gasteiger charge is -2.19. The largest absolute Gasteiger partial charge is 0.441 e. The van der Waals surface area contributed by atoms with E-state index < -0.39 is 0 Å². The molecule has 1 aromatic carbocycles. The van der Waals surface area contributed by atoms with Gasteiger partial charge in [0.15, 0.2) is 0 Å². The molecule has 1 aliphatic heterocycles. The maximum absolute atomic E-state index is 12.9. The molecule has 0 bridgehead atoms. The van der Waals surface area contributed by atoms with Crippen molar-refractivity contribution in [1.29, 1.82) is 0 Å². The number of halogens is 1. The third kappa shape index (κ3) is 2.31. The lowest BCUT2D eigenvalue weighted by Crippen LogP contribution is -2.23. The van der Waals surface area contributed by atoms with Crippen LogP contribution in [0.5, 0.6) is 0 Å². The van der Waals surface area contributed by atoms with Crippen LogP contribution in [-0.4, -0.2) is 25.7 Å². The first-order valence-corrected chi connectivity index (χ1v) is 6.17. The van der Waals surface area contributed by atoms with Crippen molar-refractivity contribution in [3.05, 3.63) is 59.6 Å². The van der Waals surface area contributed by atoms with Crippen LogP contribution in [0.1, 0.15) is 5.56 Å². The van der Waals surface area contributed by atoms with E-state index in [0.29, 0.717) is 12.5 Å². The van der Waals surface area contributed by atoms with Gasteiger partial charge in [-0.1, -0.05) is 12.2 Å². The molecule has 3 rings (SSSR count). The van der Waals surface area contributed by atoms with Crippen LogP contribution in [0.4, 0.5) is 4.39 Å². The van der Waals surface area contributed by atoms with Crippen molar-refractivity contribution >= 4 is 5.90 Å². The third-order valence-electron chi connectivity index (χ3n) is 3.24. The van der Waals surface area contributed by atoms with Gasteiger partial charge in [-0.25, -0.2) is 9.38 Å². The minimum Gasteiger partial charge on any atom is -0.441 e. The third-order valence-corrected chi connectivity index (χ3v) is 3.24. The van der Waals surface area contributed by atoms with Crippen LogP contribution in [0.3, 0.4) is 0 Å². The summed E-state index contributed by atoms with van der Waals surface area (Å²) in [6.07, 6.45) is 5.94. The van der Waals surface area contributed by atoms with Crippen molar-refractivity contribution in [2.75, 3.05) is 13.7 Å². The van der Waals surface area contributed by atoms with Crippen LogP contribution in [0.15, 0.2) is 53.2 Å². The molecular formula is C15H14FNO2. The fourth-order valence-electron chi connectivity index (χ4n) is 2.29. The Bertz CT molecular complexity index is 560. The number of nitrogens with zero attached hydrogens (tertiary/aromatic N) is 1. The second kappa shape index (κ2) is 4.97. The first-order valence-electron chi connectivity index (χ1n) is 6.17. The Morgan fingerprint density at radius 2 is 2.11 bits per heavy atom.